The fourth-order valence-corrected chi connectivity index (χ4v) is 4.23. The van der Waals surface area contributed by atoms with Crippen LogP contribution >= 0.6 is 0 Å². The first-order chi connectivity index (χ1) is 15.0. The number of nitrogens with one attached hydrogen (secondary N) is 1. The fourth-order valence-electron chi connectivity index (χ4n) is 4.23. The molecule has 2 aliphatic heterocycles. The maximum absolute atomic E-state index is 12.9. The average Bonchev–Trinajstić information content (AvgIpc) is 3.49. The van der Waals surface area contributed by atoms with E-state index in [1.807, 2.05) is 15.9 Å². The van der Waals surface area contributed by atoms with Gasteiger partial charge in [0.1, 0.15) is 17.9 Å². The van der Waals surface area contributed by atoms with Crippen LogP contribution in [0.3, 0.4) is 0 Å². The highest BCUT2D eigenvalue weighted by molar-refractivity contribution is 5.95. The molecule has 1 atom stereocenters. The average molecular weight is 428 g/mol. The Balaban J connectivity index is 1.24. The zero-order chi connectivity index (χ0) is 21.8. The lowest BCUT2D eigenvalue weighted by molar-refractivity contribution is 0.00210. The lowest BCUT2D eigenvalue weighted by atomic mass is 10.1. The van der Waals surface area contributed by atoms with Crippen molar-refractivity contribution in [2.24, 2.45) is 5.73 Å². The number of carbonyl (C=O) groups excluding carboxylic acids is 2. The van der Waals surface area contributed by atoms with Crippen molar-refractivity contribution in [2.45, 2.75) is 37.9 Å². The molecule has 0 unspecified atom stereocenters. The summed E-state index contributed by atoms with van der Waals surface area (Å²) in [7, 11) is 1.51. The van der Waals surface area contributed by atoms with Crippen molar-refractivity contribution >= 4 is 11.9 Å². The Morgan fingerprint density at radius 1 is 1.19 bits per heavy atom. The smallest absolute Gasteiger partial charge is 0.320 e. The van der Waals surface area contributed by atoms with E-state index in [0.717, 1.165) is 37.2 Å². The number of hydrogen-bond acceptors (Lipinski definition) is 6. The topological polar surface area (TPSA) is 127 Å². The fraction of sp³-hybridized carbons (Fsp3) is 0.524. The third-order valence-corrected chi connectivity index (χ3v) is 6.01. The summed E-state index contributed by atoms with van der Waals surface area (Å²) in [5.41, 5.74) is 6.62. The number of nitrogens with zero attached hydrogens (tertiary/aromatic N) is 4. The van der Waals surface area contributed by atoms with Crippen LogP contribution in [-0.4, -0.2) is 76.3 Å². The molecule has 2 aromatic rings. The second kappa shape index (κ2) is 9.34. The molecule has 3 heterocycles. The number of ether oxygens (including phenoxy) is 2. The zero-order valence-electron chi connectivity index (χ0n) is 17.6. The highest BCUT2D eigenvalue weighted by Gasteiger charge is 2.33. The van der Waals surface area contributed by atoms with Gasteiger partial charge in [-0.1, -0.05) is 6.07 Å². The van der Waals surface area contributed by atoms with Gasteiger partial charge < -0.3 is 25.0 Å². The number of likely N-dealkylation sites (tertiary alicyclic amines) is 2. The monoisotopic (exact) mass is 428 g/mol. The van der Waals surface area contributed by atoms with Crippen LogP contribution in [0.1, 0.15) is 46.9 Å². The van der Waals surface area contributed by atoms with Crippen molar-refractivity contribution in [3.8, 4) is 5.75 Å². The number of hydrogen-bond donors (Lipinski definition) is 2. The number of H-pyrrole nitrogens is 1. The molecule has 4 rings (SSSR count). The number of rotatable bonds is 6. The van der Waals surface area contributed by atoms with E-state index in [-0.39, 0.29) is 18.1 Å². The van der Waals surface area contributed by atoms with Crippen LogP contribution < -0.4 is 10.5 Å². The van der Waals surface area contributed by atoms with Crippen LogP contribution in [0.4, 0.5) is 4.79 Å². The molecule has 2 fully saturated rings. The van der Waals surface area contributed by atoms with E-state index in [0.29, 0.717) is 37.6 Å². The molecule has 0 bridgehead atoms. The van der Waals surface area contributed by atoms with Crippen molar-refractivity contribution in [3.05, 3.63) is 41.5 Å². The van der Waals surface area contributed by atoms with E-state index in [1.165, 1.54) is 13.4 Å². The number of nitrogens with two attached hydrogens (primary N) is 1. The molecule has 166 valence electrons. The van der Waals surface area contributed by atoms with Crippen molar-refractivity contribution in [2.75, 3.05) is 33.3 Å². The largest absolute Gasteiger partial charge is 0.496 e. The van der Waals surface area contributed by atoms with Gasteiger partial charge in [0.25, 0.3) is 5.91 Å². The molecule has 3 amide bonds. The van der Waals surface area contributed by atoms with Crippen LogP contribution in [0, 0.1) is 0 Å². The summed E-state index contributed by atoms with van der Waals surface area (Å²) in [6, 6.07) is 5.34. The Hall–Kier alpha value is -3.14. The van der Waals surface area contributed by atoms with Gasteiger partial charge in [0, 0.05) is 32.1 Å². The summed E-state index contributed by atoms with van der Waals surface area (Å²) in [4.78, 5) is 32.3. The van der Waals surface area contributed by atoms with E-state index in [9.17, 15) is 9.59 Å². The van der Waals surface area contributed by atoms with Gasteiger partial charge in [-0.05, 0) is 37.0 Å². The number of aromatic nitrogens is 3. The molecule has 31 heavy (non-hydrogen) atoms. The molecule has 10 heteroatoms. The third-order valence-electron chi connectivity index (χ3n) is 6.01. The number of carbonyl (C=O) groups is 2. The SMILES string of the molecule is COc1cc(COC2CCN(C(=O)N3CC[C@H](c4ncn[nH]4)C3)CC2)ccc1C(N)=O. The quantitative estimate of drug-likeness (QED) is 0.718. The number of amides is 3. The van der Waals surface area contributed by atoms with E-state index in [4.69, 9.17) is 15.2 Å². The van der Waals surface area contributed by atoms with Gasteiger partial charge in [0.15, 0.2) is 0 Å². The normalized spacial score (nSPS) is 19.6. The summed E-state index contributed by atoms with van der Waals surface area (Å²) in [5, 5.41) is 6.81. The summed E-state index contributed by atoms with van der Waals surface area (Å²) in [6.45, 7) is 3.18. The second-order valence-corrected chi connectivity index (χ2v) is 7.98. The minimum Gasteiger partial charge on any atom is -0.496 e. The van der Waals surface area contributed by atoms with E-state index in [2.05, 4.69) is 15.2 Å². The van der Waals surface area contributed by atoms with Crippen molar-refractivity contribution in [3.63, 3.8) is 0 Å². The van der Waals surface area contributed by atoms with E-state index in [1.54, 1.807) is 12.1 Å². The molecule has 10 nitrogen and oxygen atoms in total. The Labute approximate surface area is 180 Å². The van der Waals surface area contributed by atoms with Crippen LogP contribution in [0.25, 0.3) is 0 Å². The predicted molar refractivity (Wildman–Crippen MR) is 112 cm³/mol. The zero-order valence-corrected chi connectivity index (χ0v) is 17.6. The highest BCUT2D eigenvalue weighted by atomic mass is 16.5. The van der Waals surface area contributed by atoms with Gasteiger partial charge in [-0.25, -0.2) is 9.78 Å². The summed E-state index contributed by atoms with van der Waals surface area (Å²) < 4.78 is 11.3. The molecule has 0 spiro atoms. The maximum atomic E-state index is 12.9. The third kappa shape index (κ3) is 4.79. The first kappa shape index (κ1) is 21.1. The number of methoxy groups -OCH3 is 1. The lowest BCUT2D eigenvalue weighted by Gasteiger charge is -2.34. The molecule has 1 aromatic heterocycles. The minimum absolute atomic E-state index is 0.0892. The maximum Gasteiger partial charge on any atom is 0.320 e. The molecule has 1 aromatic carbocycles. The molecule has 3 N–H and O–H groups in total. The summed E-state index contributed by atoms with van der Waals surface area (Å²) in [5.74, 6) is 1.00. The number of benzene rings is 1. The molecule has 0 saturated carbocycles. The highest BCUT2D eigenvalue weighted by Crippen LogP contribution is 2.26. The molecule has 2 saturated heterocycles. The standard InChI is InChI=1S/C21H28N6O4/c1-30-18-10-14(2-3-17(18)19(22)28)12-31-16-5-8-26(9-6-16)21(29)27-7-4-15(11-27)20-23-13-24-25-20/h2-3,10,13,15-16H,4-9,11-12H2,1H3,(H2,22,28)(H,23,24,25)/t15-/m0/s1. The van der Waals surface area contributed by atoms with Crippen molar-refractivity contribution in [1.82, 2.24) is 25.0 Å². The van der Waals surface area contributed by atoms with Crippen LogP contribution in [0.5, 0.6) is 5.75 Å². The van der Waals surface area contributed by atoms with Crippen LogP contribution in [0.2, 0.25) is 0 Å². The number of urea groups is 1. The summed E-state index contributed by atoms with van der Waals surface area (Å²) >= 11 is 0. The molecule has 2 aliphatic rings. The number of primary amides is 1. The second-order valence-electron chi connectivity index (χ2n) is 7.98. The van der Waals surface area contributed by atoms with Gasteiger partial charge in [-0.15, -0.1) is 0 Å². The van der Waals surface area contributed by atoms with Gasteiger partial charge in [-0.2, -0.15) is 5.10 Å². The Morgan fingerprint density at radius 2 is 1.97 bits per heavy atom. The predicted octanol–water partition coefficient (Wildman–Crippen LogP) is 1.50. The first-order valence-corrected chi connectivity index (χ1v) is 10.5. The van der Waals surface area contributed by atoms with Gasteiger partial charge in [0.05, 0.1) is 25.4 Å². The van der Waals surface area contributed by atoms with Gasteiger partial charge in [-0.3, -0.25) is 9.89 Å². The van der Waals surface area contributed by atoms with Crippen molar-refractivity contribution in [1.29, 1.82) is 0 Å². The Bertz CT molecular complexity index is 911. The molecular weight excluding hydrogens is 400 g/mol. The van der Waals surface area contributed by atoms with E-state index < -0.39 is 5.91 Å². The Kier molecular flexibility index (Phi) is 6.36. The summed E-state index contributed by atoms with van der Waals surface area (Å²) in [6.07, 6.45) is 4.08. The molecular formula is C21H28N6O4. The van der Waals surface area contributed by atoms with Crippen LogP contribution in [-0.2, 0) is 11.3 Å². The van der Waals surface area contributed by atoms with Crippen molar-refractivity contribution < 1.29 is 19.1 Å². The van der Waals surface area contributed by atoms with Gasteiger partial charge in [0.2, 0.25) is 0 Å². The Morgan fingerprint density at radius 3 is 2.65 bits per heavy atom. The number of aromatic amines is 1. The molecule has 0 radical (unpaired) electrons. The van der Waals surface area contributed by atoms with Gasteiger partial charge >= 0.3 is 6.03 Å². The van der Waals surface area contributed by atoms with Crippen LogP contribution in [0.15, 0.2) is 24.5 Å². The lowest BCUT2D eigenvalue weighted by Crippen LogP contribution is -2.47. The minimum atomic E-state index is -0.522. The van der Waals surface area contributed by atoms with E-state index >= 15 is 0 Å². The number of piperidine rings is 1. The first-order valence-electron chi connectivity index (χ1n) is 10.5. The molecule has 0 aliphatic carbocycles.